The van der Waals surface area contributed by atoms with Crippen LogP contribution in [-0.4, -0.2) is 11.7 Å². The van der Waals surface area contributed by atoms with Crippen molar-refractivity contribution >= 4 is 16.5 Å². The van der Waals surface area contributed by atoms with Gasteiger partial charge in [-0.25, -0.2) is 0 Å². The molecule has 3 rings (SSSR count). The maximum Gasteiger partial charge on any atom is 0.119 e. The number of nitrogens with zero attached hydrogens (tertiary/aromatic N) is 1. The van der Waals surface area contributed by atoms with Crippen LogP contribution in [0.15, 0.2) is 61.2 Å². The highest BCUT2D eigenvalue weighted by molar-refractivity contribution is 5.86. The van der Waals surface area contributed by atoms with Crippen LogP contribution in [0.5, 0.6) is 5.75 Å². The Bertz CT molecular complexity index is 784. The Morgan fingerprint density at radius 3 is 2.52 bits per heavy atom. The summed E-state index contributed by atoms with van der Waals surface area (Å²) in [5.74, 6) is 0.882. The molecule has 1 aromatic heterocycles. The zero-order chi connectivity index (χ0) is 14.8. The van der Waals surface area contributed by atoms with Gasteiger partial charge in [-0.3, -0.25) is 0 Å². The summed E-state index contributed by atoms with van der Waals surface area (Å²) in [6, 6.07) is 18.9. The fourth-order valence-corrected chi connectivity index (χ4v) is 2.67. The number of fused-ring (bicyclic) bond motifs is 1. The first kappa shape index (κ1) is 13.5. The summed E-state index contributed by atoms with van der Waals surface area (Å²) in [6.07, 6.45) is 0. The summed E-state index contributed by atoms with van der Waals surface area (Å²) in [5.41, 5.74) is 4.73. The van der Waals surface area contributed by atoms with Gasteiger partial charge in [0.1, 0.15) is 5.75 Å². The molecule has 0 fully saturated rings. The fourth-order valence-electron chi connectivity index (χ4n) is 2.67. The van der Waals surface area contributed by atoms with Gasteiger partial charge < -0.3 is 9.30 Å². The molecule has 3 aromatic rings. The minimum absolute atomic E-state index is 0.846. The molecule has 0 spiro atoms. The van der Waals surface area contributed by atoms with E-state index in [1.54, 1.807) is 7.11 Å². The van der Waals surface area contributed by atoms with Gasteiger partial charge in [-0.2, -0.15) is 0 Å². The third-order valence-corrected chi connectivity index (χ3v) is 3.73. The highest BCUT2D eigenvalue weighted by Gasteiger charge is 2.10. The van der Waals surface area contributed by atoms with Crippen LogP contribution in [0.4, 0.5) is 0 Å². The molecule has 0 saturated heterocycles. The summed E-state index contributed by atoms with van der Waals surface area (Å²) < 4.78 is 7.63. The van der Waals surface area contributed by atoms with Crippen molar-refractivity contribution < 1.29 is 4.74 Å². The normalized spacial score (nSPS) is 10.8. The van der Waals surface area contributed by atoms with Gasteiger partial charge in [-0.1, -0.05) is 36.9 Å². The predicted molar refractivity (Wildman–Crippen MR) is 88.7 cm³/mol. The molecule has 0 aliphatic heterocycles. The van der Waals surface area contributed by atoms with E-state index in [1.807, 2.05) is 19.1 Å². The minimum Gasteiger partial charge on any atom is -0.497 e. The van der Waals surface area contributed by atoms with Crippen LogP contribution in [0.2, 0.25) is 0 Å². The number of ether oxygens (including phenoxy) is 1. The lowest BCUT2D eigenvalue weighted by molar-refractivity contribution is 0.415. The molecule has 106 valence electrons. The fraction of sp³-hybridized carbons (Fsp3) is 0.158. The largest absolute Gasteiger partial charge is 0.497 e. The molecule has 0 atom stereocenters. The minimum atomic E-state index is 0.846. The van der Waals surface area contributed by atoms with E-state index in [9.17, 15) is 0 Å². The zero-order valence-corrected chi connectivity index (χ0v) is 12.5. The van der Waals surface area contributed by atoms with E-state index in [0.717, 1.165) is 17.9 Å². The van der Waals surface area contributed by atoms with Crippen LogP contribution in [-0.2, 0) is 6.54 Å². The molecule has 2 aromatic carbocycles. The Morgan fingerprint density at radius 2 is 1.86 bits per heavy atom. The van der Waals surface area contributed by atoms with Crippen molar-refractivity contribution in [3.63, 3.8) is 0 Å². The van der Waals surface area contributed by atoms with Gasteiger partial charge in [0.25, 0.3) is 0 Å². The van der Waals surface area contributed by atoms with E-state index in [-0.39, 0.29) is 0 Å². The first-order chi connectivity index (χ1) is 10.2. The summed E-state index contributed by atoms with van der Waals surface area (Å²) in [4.78, 5) is 0. The smallest absolute Gasteiger partial charge is 0.119 e. The highest BCUT2D eigenvalue weighted by Crippen LogP contribution is 2.28. The number of hydrogen-bond donors (Lipinski definition) is 0. The van der Waals surface area contributed by atoms with Crippen molar-refractivity contribution in [3.05, 3.63) is 72.4 Å². The standard InChI is InChI=1S/C19H19NO/c1-14(2)19-12-16-11-17(21-3)9-10-18(16)20(19)13-15-7-5-4-6-8-15/h4-12H,1,13H2,2-3H3. The van der Waals surface area contributed by atoms with Crippen molar-refractivity contribution in [3.8, 4) is 5.75 Å². The predicted octanol–water partition coefficient (Wildman–Crippen LogP) is 4.73. The first-order valence-electron chi connectivity index (χ1n) is 7.06. The molecule has 21 heavy (non-hydrogen) atoms. The van der Waals surface area contributed by atoms with Crippen molar-refractivity contribution in [2.24, 2.45) is 0 Å². The van der Waals surface area contributed by atoms with Gasteiger partial charge >= 0.3 is 0 Å². The highest BCUT2D eigenvalue weighted by atomic mass is 16.5. The van der Waals surface area contributed by atoms with Gasteiger partial charge in [0.15, 0.2) is 0 Å². The van der Waals surface area contributed by atoms with E-state index in [0.29, 0.717) is 0 Å². The first-order valence-corrected chi connectivity index (χ1v) is 7.06. The molecular formula is C19H19NO. The number of aromatic nitrogens is 1. The average molecular weight is 277 g/mol. The molecule has 0 bridgehead atoms. The monoisotopic (exact) mass is 277 g/mol. The Kier molecular flexibility index (Phi) is 3.53. The summed E-state index contributed by atoms with van der Waals surface area (Å²) in [6.45, 7) is 7.01. The molecule has 0 saturated carbocycles. The quantitative estimate of drug-likeness (QED) is 0.672. The molecule has 0 aliphatic rings. The molecule has 0 radical (unpaired) electrons. The number of allylic oxidation sites excluding steroid dienone is 1. The van der Waals surface area contributed by atoms with Gasteiger partial charge in [-0.15, -0.1) is 0 Å². The Hall–Kier alpha value is -2.48. The molecule has 2 nitrogen and oxygen atoms in total. The van der Waals surface area contributed by atoms with Gasteiger partial charge in [0.2, 0.25) is 0 Å². The Labute approximate surface area is 125 Å². The maximum atomic E-state index is 5.32. The molecule has 0 unspecified atom stereocenters. The lowest BCUT2D eigenvalue weighted by Crippen LogP contribution is -2.02. The van der Waals surface area contributed by atoms with E-state index in [4.69, 9.17) is 4.74 Å². The van der Waals surface area contributed by atoms with Crippen LogP contribution < -0.4 is 4.74 Å². The second-order valence-corrected chi connectivity index (χ2v) is 5.31. The lowest BCUT2D eigenvalue weighted by Gasteiger charge is -2.11. The topological polar surface area (TPSA) is 14.2 Å². The third kappa shape index (κ3) is 2.57. The van der Waals surface area contributed by atoms with E-state index < -0.39 is 0 Å². The van der Waals surface area contributed by atoms with E-state index in [1.165, 1.54) is 22.2 Å². The molecular weight excluding hydrogens is 258 g/mol. The van der Waals surface area contributed by atoms with Crippen molar-refractivity contribution in [1.82, 2.24) is 4.57 Å². The SMILES string of the molecule is C=C(C)c1cc2cc(OC)ccc2n1Cc1ccccc1. The van der Waals surface area contributed by atoms with Crippen molar-refractivity contribution in [2.45, 2.75) is 13.5 Å². The van der Waals surface area contributed by atoms with Crippen LogP contribution in [0, 0.1) is 0 Å². The number of benzene rings is 2. The van der Waals surface area contributed by atoms with Gasteiger partial charge in [-0.05, 0) is 42.3 Å². The van der Waals surface area contributed by atoms with E-state index in [2.05, 4.69) is 53.6 Å². The van der Waals surface area contributed by atoms with Crippen LogP contribution >= 0.6 is 0 Å². The summed E-state index contributed by atoms with van der Waals surface area (Å²) in [7, 11) is 1.70. The Balaban J connectivity index is 2.14. The second kappa shape index (κ2) is 5.49. The van der Waals surface area contributed by atoms with E-state index >= 15 is 0 Å². The second-order valence-electron chi connectivity index (χ2n) is 5.31. The number of methoxy groups -OCH3 is 1. The third-order valence-electron chi connectivity index (χ3n) is 3.73. The lowest BCUT2D eigenvalue weighted by atomic mass is 10.2. The summed E-state index contributed by atoms with van der Waals surface area (Å²) >= 11 is 0. The molecule has 0 N–H and O–H groups in total. The number of hydrogen-bond acceptors (Lipinski definition) is 1. The molecule has 0 amide bonds. The van der Waals surface area contributed by atoms with Crippen LogP contribution in [0.3, 0.4) is 0 Å². The molecule has 2 heteroatoms. The zero-order valence-electron chi connectivity index (χ0n) is 12.5. The van der Waals surface area contributed by atoms with Gasteiger partial charge in [0, 0.05) is 23.1 Å². The van der Waals surface area contributed by atoms with Gasteiger partial charge in [0.05, 0.1) is 7.11 Å². The van der Waals surface area contributed by atoms with Crippen LogP contribution in [0.25, 0.3) is 16.5 Å². The van der Waals surface area contributed by atoms with Crippen molar-refractivity contribution in [2.75, 3.05) is 7.11 Å². The van der Waals surface area contributed by atoms with Crippen LogP contribution in [0.1, 0.15) is 18.2 Å². The maximum absolute atomic E-state index is 5.32. The Morgan fingerprint density at radius 1 is 1.10 bits per heavy atom. The summed E-state index contributed by atoms with van der Waals surface area (Å²) in [5, 5.41) is 1.18. The molecule has 0 aliphatic carbocycles. The number of rotatable bonds is 4. The average Bonchev–Trinajstić information content (AvgIpc) is 2.86. The van der Waals surface area contributed by atoms with Crippen molar-refractivity contribution in [1.29, 1.82) is 0 Å². The molecule has 1 heterocycles.